The van der Waals surface area contributed by atoms with Crippen LogP contribution in [0, 0.1) is 0 Å². The van der Waals surface area contributed by atoms with Gasteiger partial charge < -0.3 is 10.3 Å². The first-order valence-corrected chi connectivity index (χ1v) is 6.92. The Hall–Kier alpha value is -2.47. The number of hydrogen-bond donors (Lipinski definition) is 2. The van der Waals surface area contributed by atoms with Crippen molar-refractivity contribution in [1.29, 1.82) is 0 Å². The van der Waals surface area contributed by atoms with E-state index in [0.29, 0.717) is 12.4 Å². The van der Waals surface area contributed by atoms with Crippen LogP contribution in [0.1, 0.15) is 28.0 Å². The van der Waals surface area contributed by atoms with Crippen LogP contribution in [0.25, 0.3) is 0 Å². The summed E-state index contributed by atoms with van der Waals surface area (Å²) >= 11 is 0. The van der Waals surface area contributed by atoms with Crippen LogP contribution < -0.4 is 11.3 Å². The highest BCUT2D eigenvalue weighted by atomic mass is 16.2. The number of aromatic nitrogens is 2. The van der Waals surface area contributed by atoms with Gasteiger partial charge in [0.2, 0.25) is 0 Å². The van der Waals surface area contributed by atoms with Crippen molar-refractivity contribution in [3.8, 4) is 0 Å². The minimum atomic E-state index is 0.0610. The molecule has 0 radical (unpaired) electrons. The summed E-state index contributed by atoms with van der Waals surface area (Å²) < 4.78 is 0. The highest BCUT2D eigenvalue weighted by Crippen LogP contribution is 2.19. The summed E-state index contributed by atoms with van der Waals surface area (Å²) in [6.07, 6.45) is 5.09. The number of carbonyl (C=O) groups excluding carboxylic acids is 1. The second kappa shape index (κ2) is 5.88. The van der Waals surface area contributed by atoms with E-state index < -0.39 is 0 Å². The first-order chi connectivity index (χ1) is 10.3. The summed E-state index contributed by atoms with van der Waals surface area (Å²) in [5.41, 5.74) is 5.11. The summed E-state index contributed by atoms with van der Waals surface area (Å²) in [7, 11) is 0. The van der Waals surface area contributed by atoms with E-state index in [1.165, 1.54) is 0 Å². The molecule has 1 aromatic heterocycles. The normalized spacial score (nSPS) is 14.5. The zero-order valence-corrected chi connectivity index (χ0v) is 11.6. The maximum Gasteiger partial charge on any atom is 0.254 e. The maximum absolute atomic E-state index is 12.6. The molecule has 1 aromatic carbocycles. The molecule has 3 rings (SSSR count). The maximum atomic E-state index is 12.6. The number of hydrogen-bond acceptors (Lipinski definition) is 5. The molecule has 3 N–H and O–H groups in total. The third-order valence-corrected chi connectivity index (χ3v) is 3.62. The summed E-state index contributed by atoms with van der Waals surface area (Å²) in [5, 5.41) is 0. The van der Waals surface area contributed by atoms with Crippen molar-refractivity contribution in [1.82, 2.24) is 14.9 Å². The lowest BCUT2D eigenvalue weighted by molar-refractivity contribution is 0.0746. The second-order valence-corrected chi connectivity index (χ2v) is 5.02. The molecule has 108 valence electrons. The van der Waals surface area contributed by atoms with Gasteiger partial charge in [-0.2, -0.15) is 0 Å². The predicted molar refractivity (Wildman–Crippen MR) is 79.3 cm³/mol. The summed E-state index contributed by atoms with van der Waals surface area (Å²) in [5.74, 6) is 5.83. The van der Waals surface area contributed by atoms with Crippen LogP contribution in [-0.2, 0) is 13.0 Å². The van der Waals surface area contributed by atoms with Crippen molar-refractivity contribution < 1.29 is 4.79 Å². The molecule has 0 saturated carbocycles. The van der Waals surface area contributed by atoms with Crippen LogP contribution in [-0.4, -0.2) is 27.3 Å². The average molecular weight is 283 g/mol. The van der Waals surface area contributed by atoms with Crippen LogP contribution in [0.4, 0.5) is 5.82 Å². The minimum Gasteiger partial charge on any atom is -0.333 e. The van der Waals surface area contributed by atoms with E-state index in [9.17, 15) is 4.79 Å². The molecule has 6 nitrogen and oxygen atoms in total. The molecule has 21 heavy (non-hydrogen) atoms. The van der Waals surface area contributed by atoms with Crippen molar-refractivity contribution >= 4 is 11.7 Å². The number of nitrogens with two attached hydrogens (primary N) is 1. The molecule has 0 saturated heterocycles. The van der Waals surface area contributed by atoms with E-state index in [2.05, 4.69) is 15.4 Å². The van der Waals surface area contributed by atoms with Crippen LogP contribution in [0.5, 0.6) is 0 Å². The second-order valence-electron chi connectivity index (χ2n) is 5.02. The zero-order valence-electron chi connectivity index (χ0n) is 11.6. The molecule has 2 heterocycles. The van der Waals surface area contributed by atoms with E-state index >= 15 is 0 Å². The fraction of sp³-hybridized carbons (Fsp3) is 0.267. The monoisotopic (exact) mass is 283 g/mol. The predicted octanol–water partition coefficient (Wildman–Crippen LogP) is 1.35. The third kappa shape index (κ3) is 2.85. The molecule has 6 heteroatoms. The van der Waals surface area contributed by atoms with Crippen molar-refractivity contribution in [2.24, 2.45) is 5.84 Å². The lowest BCUT2D eigenvalue weighted by atomic mass is 10.0. The van der Waals surface area contributed by atoms with Gasteiger partial charge in [-0.3, -0.25) is 9.78 Å². The van der Waals surface area contributed by atoms with Crippen molar-refractivity contribution in [2.45, 2.75) is 19.4 Å². The number of rotatable bonds is 3. The molecule has 0 atom stereocenters. The molecule has 0 spiro atoms. The van der Waals surface area contributed by atoms with Gasteiger partial charge in [0.15, 0.2) is 5.82 Å². The van der Waals surface area contributed by atoms with E-state index in [1.54, 1.807) is 12.4 Å². The summed E-state index contributed by atoms with van der Waals surface area (Å²) in [6.45, 7) is 1.19. The fourth-order valence-electron chi connectivity index (χ4n) is 2.54. The molecule has 1 amide bonds. The minimum absolute atomic E-state index is 0.0610. The van der Waals surface area contributed by atoms with Gasteiger partial charge in [-0.25, -0.2) is 10.8 Å². The topological polar surface area (TPSA) is 84.1 Å². The third-order valence-electron chi connectivity index (χ3n) is 3.62. The Morgan fingerprint density at radius 3 is 2.86 bits per heavy atom. The van der Waals surface area contributed by atoms with E-state index in [1.807, 2.05) is 29.2 Å². The number of amides is 1. The average Bonchev–Trinajstić information content (AvgIpc) is 2.69. The van der Waals surface area contributed by atoms with E-state index in [4.69, 9.17) is 5.84 Å². The van der Waals surface area contributed by atoms with Gasteiger partial charge >= 0.3 is 0 Å². The van der Waals surface area contributed by atoms with Crippen molar-refractivity contribution in [3.05, 3.63) is 53.5 Å². The van der Waals surface area contributed by atoms with Crippen LogP contribution in [0.3, 0.4) is 0 Å². The molecule has 0 unspecified atom stereocenters. The number of nitrogen functional groups attached to an aromatic ring is 1. The van der Waals surface area contributed by atoms with Crippen molar-refractivity contribution in [2.75, 3.05) is 12.0 Å². The van der Waals surface area contributed by atoms with E-state index in [-0.39, 0.29) is 5.91 Å². The largest absolute Gasteiger partial charge is 0.333 e. The molecular formula is C15H17N5O. The molecule has 2 aromatic rings. The number of nitrogens with one attached hydrogen (secondary N) is 1. The molecule has 0 aliphatic carbocycles. The Balaban J connectivity index is 1.80. The molecule has 0 bridgehead atoms. The molecule has 0 fully saturated rings. The lowest BCUT2D eigenvalue weighted by Crippen LogP contribution is -2.30. The first-order valence-electron chi connectivity index (χ1n) is 6.92. The number of carbonyl (C=O) groups is 1. The van der Waals surface area contributed by atoms with Crippen molar-refractivity contribution in [3.63, 3.8) is 0 Å². The Morgan fingerprint density at radius 1 is 1.24 bits per heavy atom. The quantitative estimate of drug-likeness (QED) is 0.656. The number of fused-ring (bicyclic) bond motifs is 1. The van der Waals surface area contributed by atoms with Crippen LogP contribution in [0.2, 0.25) is 0 Å². The zero-order chi connectivity index (χ0) is 14.7. The van der Waals surface area contributed by atoms with Crippen LogP contribution >= 0.6 is 0 Å². The first kappa shape index (κ1) is 13.5. The Morgan fingerprint density at radius 2 is 2.10 bits per heavy atom. The fourth-order valence-corrected chi connectivity index (χ4v) is 2.54. The highest BCUT2D eigenvalue weighted by molar-refractivity contribution is 5.96. The number of nitrogens with zero attached hydrogens (tertiary/aromatic N) is 3. The van der Waals surface area contributed by atoms with Gasteiger partial charge in [0.1, 0.15) is 0 Å². The highest BCUT2D eigenvalue weighted by Gasteiger charge is 2.22. The number of hydrazine groups is 1. The molecule has 1 aliphatic rings. The van der Waals surface area contributed by atoms with Crippen LogP contribution in [0.15, 0.2) is 36.7 Å². The summed E-state index contributed by atoms with van der Waals surface area (Å²) in [6, 6.07) is 7.80. The number of anilines is 1. The Kier molecular flexibility index (Phi) is 3.79. The smallest absolute Gasteiger partial charge is 0.254 e. The van der Waals surface area contributed by atoms with Gasteiger partial charge in [-0.05, 0) is 24.5 Å². The Labute approximate surface area is 123 Å². The van der Waals surface area contributed by atoms with Gasteiger partial charge in [0.05, 0.1) is 24.6 Å². The van der Waals surface area contributed by atoms with Gasteiger partial charge in [0.25, 0.3) is 5.91 Å². The van der Waals surface area contributed by atoms with E-state index in [0.717, 1.165) is 36.2 Å². The standard InChI is InChI=1S/C15H17N5O/c16-19-14-9-17-12(8-18-14)10-20-7-3-5-11-4-1-2-6-13(11)15(20)21/h1-2,4,6,8-9H,3,5,7,10,16H2,(H,18,19). The van der Waals surface area contributed by atoms with Gasteiger partial charge in [-0.15, -0.1) is 0 Å². The lowest BCUT2D eigenvalue weighted by Gasteiger charge is -2.20. The SMILES string of the molecule is NNc1cnc(CN2CCCc3ccccc3C2=O)cn1. The Bertz CT molecular complexity index is 641. The number of benzene rings is 1. The van der Waals surface area contributed by atoms with Gasteiger partial charge in [0, 0.05) is 12.1 Å². The number of aryl methyl sites for hydroxylation is 1. The van der Waals surface area contributed by atoms with Gasteiger partial charge in [-0.1, -0.05) is 18.2 Å². The molecule has 1 aliphatic heterocycles. The summed E-state index contributed by atoms with van der Waals surface area (Å²) in [4.78, 5) is 22.8. The molecular weight excluding hydrogens is 266 g/mol.